The van der Waals surface area contributed by atoms with Crippen molar-refractivity contribution in [2.24, 2.45) is 0 Å². The molecule has 0 aromatic heterocycles. The lowest BCUT2D eigenvalue weighted by Crippen LogP contribution is -2.36. The fraction of sp³-hybridized carbons (Fsp3) is 0.227. The molecule has 28 heavy (non-hydrogen) atoms. The van der Waals surface area contributed by atoms with Crippen molar-refractivity contribution in [1.29, 1.82) is 0 Å². The molecule has 1 atom stereocenters. The van der Waals surface area contributed by atoms with Crippen molar-refractivity contribution < 1.29 is 22.7 Å². The fourth-order valence-electron chi connectivity index (χ4n) is 3.58. The van der Waals surface area contributed by atoms with Crippen LogP contribution in [0.1, 0.15) is 28.8 Å². The summed E-state index contributed by atoms with van der Waals surface area (Å²) in [4.78, 5) is 12.3. The molecule has 0 fully saturated rings. The number of methoxy groups -OCH3 is 1. The van der Waals surface area contributed by atoms with Gasteiger partial charge in [0.05, 0.1) is 17.6 Å². The van der Waals surface area contributed by atoms with Gasteiger partial charge in [0.1, 0.15) is 17.1 Å². The summed E-state index contributed by atoms with van der Waals surface area (Å²) in [5, 5.41) is 0. The van der Waals surface area contributed by atoms with Crippen LogP contribution < -0.4 is 4.74 Å². The van der Waals surface area contributed by atoms with E-state index in [1.54, 1.807) is 54.6 Å². The van der Waals surface area contributed by atoms with Gasteiger partial charge in [-0.3, -0.25) is 0 Å². The molecule has 0 saturated heterocycles. The summed E-state index contributed by atoms with van der Waals surface area (Å²) < 4.78 is 36.9. The molecule has 0 spiro atoms. The highest BCUT2D eigenvalue weighted by atomic mass is 32.2. The summed E-state index contributed by atoms with van der Waals surface area (Å²) in [6.07, 6.45) is 1.88. The lowest BCUT2D eigenvalue weighted by Gasteiger charge is -2.33. The van der Waals surface area contributed by atoms with Gasteiger partial charge in [-0.15, -0.1) is 6.58 Å². The molecule has 1 heterocycles. The van der Waals surface area contributed by atoms with Crippen molar-refractivity contribution >= 4 is 15.8 Å². The Bertz CT molecular complexity index is 1020. The number of fused-ring (bicyclic) bond motifs is 1. The number of ether oxygens (including phenoxy) is 2. The predicted octanol–water partition coefficient (Wildman–Crippen LogP) is 4.06. The quantitative estimate of drug-likeness (QED) is 0.561. The molecular formula is C22H22O5S. The van der Waals surface area contributed by atoms with Crippen molar-refractivity contribution in [1.82, 2.24) is 0 Å². The molecule has 6 heteroatoms. The largest absolute Gasteiger partial charge is 0.489 e. The first kappa shape index (κ1) is 19.9. The van der Waals surface area contributed by atoms with Gasteiger partial charge in [0, 0.05) is 5.56 Å². The third-order valence-electron chi connectivity index (χ3n) is 4.90. The average molecular weight is 398 g/mol. The minimum Gasteiger partial charge on any atom is -0.489 e. The fourth-order valence-corrected chi connectivity index (χ4v) is 5.72. The first-order valence-electron chi connectivity index (χ1n) is 8.78. The van der Waals surface area contributed by atoms with Gasteiger partial charge in [-0.05, 0) is 48.7 Å². The molecule has 2 aromatic rings. The van der Waals surface area contributed by atoms with E-state index in [1.807, 2.05) is 0 Å². The second kappa shape index (κ2) is 7.64. The van der Waals surface area contributed by atoms with Crippen LogP contribution in [0.5, 0.6) is 5.75 Å². The summed E-state index contributed by atoms with van der Waals surface area (Å²) in [6, 6.07) is 13.0. The number of allylic oxidation sites excluding steroid dienone is 1. The maximum Gasteiger partial charge on any atom is 0.337 e. The van der Waals surface area contributed by atoms with E-state index >= 15 is 0 Å². The van der Waals surface area contributed by atoms with E-state index in [0.29, 0.717) is 16.9 Å². The van der Waals surface area contributed by atoms with E-state index < -0.39 is 20.6 Å². The van der Waals surface area contributed by atoms with Crippen LogP contribution in [-0.2, 0) is 19.3 Å². The van der Waals surface area contributed by atoms with Gasteiger partial charge in [-0.2, -0.15) is 0 Å². The van der Waals surface area contributed by atoms with Gasteiger partial charge < -0.3 is 9.47 Å². The van der Waals surface area contributed by atoms with E-state index in [9.17, 15) is 13.2 Å². The van der Waals surface area contributed by atoms with Crippen LogP contribution in [0.15, 0.2) is 78.2 Å². The summed E-state index contributed by atoms with van der Waals surface area (Å²) in [5.74, 6) is -0.136. The third kappa shape index (κ3) is 3.24. The lowest BCUT2D eigenvalue weighted by atomic mass is 9.87. The number of rotatable bonds is 5. The van der Waals surface area contributed by atoms with Crippen molar-refractivity contribution in [2.75, 3.05) is 13.7 Å². The van der Waals surface area contributed by atoms with Gasteiger partial charge in [-0.25, -0.2) is 13.2 Å². The normalized spacial score (nSPS) is 19.1. The first-order chi connectivity index (χ1) is 13.4. The van der Waals surface area contributed by atoms with Crippen molar-refractivity contribution in [3.63, 3.8) is 0 Å². The monoisotopic (exact) mass is 398 g/mol. The molecule has 2 aromatic carbocycles. The number of benzene rings is 2. The second-order valence-corrected chi connectivity index (χ2v) is 8.98. The molecule has 0 saturated carbocycles. The van der Waals surface area contributed by atoms with Crippen LogP contribution in [0.3, 0.4) is 0 Å². The Morgan fingerprint density at radius 3 is 2.61 bits per heavy atom. The van der Waals surface area contributed by atoms with Crippen molar-refractivity contribution in [3.05, 3.63) is 84.5 Å². The molecule has 0 bridgehead atoms. The van der Waals surface area contributed by atoms with Gasteiger partial charge in [0.15, 0.2) is 9.84 Å². The molecule has 0 amide bonds. The zero-order valence-electron chi connectivity index (χ0n) is 15.7. The van der Waals surface area contributed by atoms with E-state index in [2.05, 4.69) is 13.2 Å². The van der Waals surface area contributed by atoms with Crippen molar-refractivity contribution in [2.45, 2.75) is 22.5 Å². The van der Waals surface area contributed by atoms with Gasteiger partial charge in [0.2, 0.25) is 0 Å². The maximum atomic E-state index is 13.9. The molecule has 146 valence electrons. The molecule has 1 aliphatic heterocycles. The molecule has 5 nitrogen and oxygen atoms in total. The van der Waals surface area contributed by atoms with Crippen LogP contribution in [0, 0.1) is 0 Å². The predicted molar refractivity (Wildman–Crippen MR) is 107 cm³/mol. The SMILES string of the molecule is C=CCC1(S(=O)(=O)c2ccccc2)CC(=C)COc2ccc(C(=O)OC)cc21. The highest BCUT2D eigenvalue weighted by Crippen LogP contribution is 2.49. The number of carbonyl (C=O) groups excluding carboxylic acids is 1. The number of hydrogen-bond donors (Lipinski definition) is 0. The van der Waals surface area contributed by atoms with Crippen LogP contribution in [0.4, 0.5) is 0 Å². The average Bonchev–Trinajstić information content (AvgIpc) is 2.85. The van der Waals surface area contributed by atoms with Crippen molar-refractivity contribution in [3.8, 4) is 5.75 Å². The van der Waals surface area contributed by atoms with Crippen LogP contribution in [-0.4, -0.2) is 28.1 Å². The number of sulfone groups is 1. The van der Waals surface area contributed by atoms with E-state index in [0.717, 1.165) is 0 Å². The minimum atomic E-state index is -3.87. The van der Waals surface area contributed by atoms with Crippen LogP contribution in [0.2, 0.25) is 0 Å². The molecule has 1 unspecified atom stereocenters. The third-order valence-corrected chi connectivity index (χ3v) is 7.35. The zero-order chi connectivity index (χ0) is 20.4. The molecular weight excluding hydrogens is 376 g/mol. The standard InChI is InChI=1S/C22H22O5S/c1-4-12-22(28(24,25)18-8-6-5-7-9-18)14-16(2)15-27-20-11-10-17(13-19(20)22)21(23)26-3/h4-11,13H,1-2,12,14-15H2,3H3. The summed E-state index contributed by atoms with van der Waals surface area (Å²) >= 11 is 0. The van der Waals surface area contributed by atoms with E-state index in [4.69, 9.17) is 9.47 Å². The molecule has 3 rings (SSSR count). The molecule has 1 aliphatic rings. The van der Waals surface area contributed by atoms with Crippen LogP contribution >= 0.6 is 0 Å². The smallest absolute Gasteiger partial charge is 0.337 e. The van der Waals surface area contributed by atoms with Gasteiger partial charge >= 0.3 is 5.97 Å². The van der Waals surface area contributed by atoms with E-state index in [1.165, 1.54) is 7.11 Å². The van der Waals surface area contributed by atoms with Crippen LogP contribution in [0.25, 0.3) is 0 Å². The van der Waals surface area contributed by atoms with Gasteiger partial charge in [0.25, 0.3) is 0 Å². The Morgan fingerprint density at radius 1 is 1.25 bits per heavy atom. The highest BCUT2D eigenvalue weighted by molar-refractivity contribution is 7.92. The topological polar surface area (TPSA) is 69.7 Å². The summed E-state index contributed by atoms with van der Waals surface area (Å²) in [7, 11) is -2.59. The molecule has 0 radical (unpaired) electrons. The highest BCUT2D eigenvalue weighted by Gasteiger charge is 2.48. The summed E-state index contributed by atoms with van der Waals surface area (Å²) in [5.41, 5.74) is 1.32. The molecule has 0 N–H and O–H groups in total. The Kier molecular flexibility index (Phi) is 5.42. The maximum absolute atomic E-state index is 13.9. The Morgan fingerprint density at radius 2 is 1.96 bits per heavy atom. The zero-order valence-corrected chi connectivity index (χ0v) is 16.5. The van der Waals surface area contributed by atoms with Gasteiger partial charge in [-0.1, -0.05) is 30.9 Å². The number of esters is 1. The van der Waals surface area contributed by atoms with E-state index in [-0.39, 0.29) is 29.9 Å². The lowest BCUT2D eigenvalue weighted by molar-refractivity contribution is 0.0600. The Balaban J connectivity index is 2.35. The first-order valence-corrected chi connectivity index (χ1v) is 10.3. The summed E-state index contributed by atoms with van der Waals surface area (Å²) in [6.45, 7) is 7.99. The molecule has 0 aliphatic carbocycles. The second-order valence-electron chi connectivity index (χ2n) is 6.72. The number of carbonyl (C=O) groups is 1. The Labute approximate surface area is 165 Å². The minimum absolute atomic E-state index is 0.143. The Hall–Kier alpha value is -2.86. The number of hydrogen-bond acceptors (Lipinski definition) is 5.